The number of sulfonamides is 1. The van der Waals surface area contributed by atoms with E-state index in [9.17, 15) is 18.0 Å². The first-order chi connectivity index (χ1) is 14.5. The second kappa shape index (κ2) is 9.36. The van der Waals surface area contributed by atoms with E-state index in [2.05, 4.69) is 5.32 Å². The SMILES string of the molecule is O=C(NC1CCN(C(=O)C2CCCCC2)CC1)c1sccc1S(=O)(=O)N1CCCC1. The molecule has 0 aromatic carbocycles. The van der Waals surface area contributed by atoms with Gasteiger partial charge in [0.15, 0.2) is 0 Å². The second-order valence-corrected chi connectivity index (χ2v) is 11.5. The van der Waals surface area contributed by atoms with E-state index < -0.39 is 10.0 Å². The molecular formula is C21H31N3O4S2. The lowest BCUT2D eigenvalue weighted by Crippen LogP contribution is -2.48. The molecule has 2 saturated heterocycles. The smallest absolute Gasteiger partial charge is 0.262 e. The Bertz CT molecular complexity index is 863. The average molecular weight is 454 g/mol. The zero-order chi connectivity index (χ0) is 21.1. The number of hydrogen-bond acceptors (Lipinski definition) is 5. The number of carbonyl (C=O) groups is 2. The van der Waals surface area contributed by atoms with Crippen LogP contribution in [0.25, 0.3) is 0 Å². The summed E-state index contributed by atoms with van der Waals surface area (Å²) in [4.78, 5) is 27.9. The van der Waals surface area contributed by atoms with Crippen LogP contribution in [-0.4, -0.2) is 61.7 Å². The highest BCUT2D eigenvalue weighted by Gasteiger charge is 2.33. The minimum atomic E-state index is -3.61. The van der Waals surface area contributed by atoms with Crippen LogP contribution in [0.3, 0.4) is 0 Å². The molecule has 4 rings (SSSR count). The van der Waals surface area contributed by atoms with Crippen molar-refractivity contribution in [2.45, 2.75) is 68.7 Å². The van der Waals surface area contributed by atoms with E-state index in [-0.39, 0.29) is 33.5 Å². The van der Waals surface area contributed by atoms with E-state index in [4.69, 9.17) is 0 Å². The second-order valence-electron chi connectivity index (χ2n) is 8.63. The summed E-state index contributed by atoms with van der Waals surface area (Å²) in [5, 5.41) is 4.68. The molecule has 0 radical (unpaired) electrons. The maximum Gasteiger partial charge on any atom is 0.262 e. The van der Waals surface area contributed by atoms with Gasteiger partial charge in [-0.15, -0.1) is 11.3 Å². The van der Waals surface area contributed by atoms with Crippen molar-refractivity contribution in [1.82, 2.24) is 14.5 Å². The summed E-state index contributed by atoms with van der Waals surface area (Å²) in [6, 6.07) is 1.51. The maximum absolute atomic E-state index is 12.9. The number of thiophene rings is 1. The molecule has 2 aliphatic heterocycles. The molecule has 7 nitrogen and oxygen atoms in total. The molecule has 1 N–H and O–H groups in total. The van der Waals surface area contributed by atoms with Crippen molar-refractivity contribution in [1.29, 1.82) is 0 Å². The number of carbonyl (C=O) groups excluding carboxylic acids is 2. The number of nitrogens with one attached hydrogen (secondary N) is 1. The van der Waals surface area contributed by atoms with E-state index in [1.54, 1.807) is 11.4 Å². The Morgan fingerprint density at radius 1 is 0.933 bits per heavy atom. The quantitative estimate of drug-likeness (QED) is 0.743. The maximum atomic E-state index is 12.9. The van der Waals surface area contributed by atoms with Gasteiger partial charge in [-0.25, -0.2) is 8.42 Å². The number of amides is 2. The van der Waals surface area contributed by atoms with E-state index >= 15 is 0 Å². The van der Waals surface area contributed by atoms with Gasteiger partial charge < -0.3 is 10.2 Å². The minimum absolute atomic E-state index is 0.0302. The van der Waals surface area contributed by atoms with Crippen LogP contribution in [0, 0.1) is 5.92 Å². The lowest BCUT2D eigenvalue weighted by molar-refractivity contribution is -0.137. The molecule has 3 fully saturated rings. The van der Waals surface area contributed by atoms with Crippen LogP contribution < -0.4 is 5.32 Å². The van der Waals surface area contributed by atoms with Gasteiger partial charge >= 0.3 is 0 Å². The third-order valence-electron chi connectivity index (χ3n) is 6.61. The van der Waals surface area contributed by atoms with Gasteiger partial charge in [0, 0.05) is 38.1 Å². The van der Waals surface area contributed by atoms with Gasteiger partial charge in [0.2, 0.25) is 15.9 Å². The first-order valence-corrected chi connectivity index (χ1v) is 13.5. The standard InChI is InChI=1S/C21H31N3O4S2/c25-20(19-18(10-15-29-19)30(27,28)24-11-4-5-12-24)22-17-8-13-23(14-9-17)21(26)16-6-2-1-3-7-16/h10,15-17H,1-9,11-14H2,(H,22,25). The van der Waals surface area contributed by atoms with Gasteiger partial charge in [0.05, 0.1) is 0 Å². The van der Waals surface area contributed by atoms with E-state index in [1.165, 1.54) is 22.1 Å². The molecule has 0 unspecified atom stereocenters. The van der Waals surface area contributed by atoms with Crippen molar-refractivity contribution >= 4 is 33.2 Å². The van der Waals surface area contributed by atoms with Crippen LogP contribution >= 0.6 is 11.3 Å². The van der Waals surface area contributed by atoms with Crippen LogP contribution in [0.5, 0.6) is 0 Å². The average Bonchev–Trinajstić information content (AvgIpc) is 3.47. The highest BCUT2D eigenvalue weighted by Crippen LogP contribution is 2.29. The van der Waals surface area contributed by atoms with E-state index in [0.717, 1.165) is 38.5 Å². The van der Waals surface area contributed by atoms with Crippen LogP contribution in [0.1, 0.15) is 67.5 Å². The van der Waals surface area contributed by atoms with Crippen molar-refractivity contribution in [3.63, 3.8) is 0 Å². The molecule has 166 valence electrons. The van der Waals surface area contributed by atoms with E-state index in [1.807, 2.05) is 4.90 Å². The Morgan fingerprint density at radius 3 is 2.27 bits per heavy atom. The van der Waals surface area contributed by atoms with Gasteiger partial charge in [-0.05, 0) is 50.0 Å². The van der Waals surface area contributed by atoms with Crippen molar-refractivity contribution in [3.8, 4) is 0 Å². The Hall–Kier alpha value is -1.45. The molecule has 1 aliphatic carbocycles. The molecule has 3 heterocycles. The van der Waals surface area contributed by atoms with Crippen LogP contribution in [-0.2, 0) is 14.8 Å². The molecule has 0 bridgehead atoms. The van der Waals surface area contributed by atoms with E-state index in [0.29, 0.717) is 39.0 Å². The third kappa shape index (κ3) is 4.57. The molecule has 1 aromatic rings. The van der Waals surface area contributed by atoms with Gasteiger partial charge in [-0.2, -0.15) is 4.31 Å². The van der Waals surface area contributed by atoms with Crippen LogP contribution in [0.15, 0.2) is 16.3 Å². The number of rotatable bonds is 5. The number of nitrogens with zero attached hydrogens (tertiary/aromatic N) is 2. The summed E-state index contributed by atoms with van der Waals surface area (Å²) >= 11 is 1.17. The summed E-state index contributed by atoms with van der Waals surface area (Å²) in [5.74, 6) is 0.130. The largest absolute Gasteiger partial charge is 0.348 e. The van der Waals surface area contributed by atoms with Crippen molar-refractivity contribution < 1.29 is 18.0 Å². The number of piperidine rings is 1. The molecule has 0 atom stereocenters. The summed E-state index contributed by atoms with van der Waals surface area (Å²) < 4.78 is 27.3. The zero-order valence-electron chi connectivity index (χ0n) is 17.3. The van der Waals surface area contributed by atoms with Gasteiger partial charge in [0.25, 0.3) is 5.91 Å². The predicted octanol–water partition coefficient (Wildman–Crippen LogP) is 2.83. The lowest BCUT2D eigenvalue weighted by Gasteiger charge is -2.35. The first-order valence-electron chi connectivity index (χ1n) is 11.1. The first kappa shape index (κ1) is 21.8. The lowest BCUT2D eigenvalue weighted by atomic mass is 9.87. The van der Waals surface area contributed by atoms with Gasteiger partial charge in [-0.1, -0.05) is 19.3 Å². The zero-order valence-corrected chi connectivity index (χ0v) is 19.0. The highest BCUT2D eigenvalue weighted by atomic mass is 32.2. The highest BCUT2D eigenvalue weighted by molar-refractivity contribution is 7.89. The number of hydrogen-bond donors (Lipinski definition) is 1. The summed E-state index contributed by atoms with van der Waals surface area (Å²) in [7, 11) is -3.61. The Labute approximate surface area is 182 Å². The molecule has 0 spiro atoms. The Balaban J connectivity index is 1.34. The summed E-state index contributed by atoms with van der Waals surface area (Å²) in [6.45, 7) is 2.35. The Kier molecular flexibility index (Phi) is 6.79. The molecule has 1 saturated carbocycles. The normalized spacial score (nSPS) is 22.3. The fourth-order valence-corrected chi connectivity index (χ4v) is 7.66. The summed E-state index contributed by atoms with van der Waals surface area (Å²) in [6.07, 6.45) is 8.68. The topological polar surface area (TPSA) is 86.8 Å². The fourth-order valence-electron chi connectivity index (χ4n) is 4.84. The molecular weight excluding hydrogens is 422 g/mol. The predicted molar refractivity (Wildman–Crippen MR) is 116 cm³/mol. The van der Waals surface area contributed by atoms with Crippen molar-refractivity contribution in [2.75, 3.05) is 26.2 Å². The molecule has 3 aliphatic rings. The van der Waals surface area contributed by atoms with Crippen molar-refractivity contribution in [3.05, 3.63) is 16.3 Å². The van der Waals surface area contributed by atoms with Gasteiger partial charge in [0.1, 0.15) is 9.77 Å². The third-order valence-corrected chi connectivity index (χ3v) is 9.60. The molecule has 30 heavy (non-hydrogen) atoms. The molecule has 1 aromatic heterocycles. The number of likely N-dealkylation sites (tertiary alicyclic amines) is 1. The van der Waals surface area contributed by atoms with Crippen LogP contribution in [0.2, 0.25) is 0 Å². The molecule has 9 heteroatoms. The van der Waals surface area contributed by atoms with Gasteiger partial charge in [-0.3, -0.25) is 9.59 Å². The van der Waals surface area contributed by atoms with Crippen molar-refractivity contribution in [2.24, 2.45) is 5.92 Å². The fraction of sp³-hybridized carbons (Fsp3) is 0.714. The monoisotopic (exact) mass is 453 g/mol. The minimum Gasteiger partial charge on any atom is -0.348 e. The van der Waals surface area contributed by atoms with Crippen LogP contribution in [0.4, 0.5) is 0 Å². The Morgan fingerprint density at radius 2 is 1.60 bits per heavy atom. The molecule has 2 amide bonds. The summed E-state index contributed by atoms with van der Waals surface area (Å²) in [5.41, 5.74) is 0.